The van der Waals surface area contributed by atoms with E-state index in [-0.39, 0.29) is 5.91 Å². The second-order valence-electron chi connectivity index (χ2n) is 11.7. The molecule has 39 heavy (non-hydrogen) atoms. The van der Waals surface area contributed by atoms with Gasteiger partial charge in [-0.25, -0.2) is 0 Å². The van der Waals surface area contributed by atoms with Gasteiger partial charge < -0.3 is 10.2 Å². The summed E-state index contributed by atoms with van der Waals surface area (Å²) in [5, 5.41) is 3.71. The molecule has 5 nitrogen and oxygen atoms in total. The number of amides is 1. The molecular weight excluding hydrogens is 480 g/mol. The molecule has 2 saturated heterocycles. The van der Waals surface area contributed by atoms with Crippen LogP contribution in [0.4, 0.5) is 5.69 Å². The fourth-order valence-corrected chi connectivity index (χ4v) is 6.93. The van der Waals surface area contributed by atoms with Crippen LogP contribution in [0.1, 0.15) is 54.7 Å². The van der Waals surface area contributed by atoms with E-state index in [1.807, 2.05) is 0 Å². The molecule has 3 aliphatic rings. The van der Waals surface area contributed by atoms with Crippen molar-refractivity contribution in [1.29, 1.82) is 0 Å². The lowest BCUT2D eigenvalue weighted by molar-refractivity contribution is -0.134. The average molecular weight is 523 g/mol. The molecule has 0 aromatic heterocycles. The summed E-state index contributed by atoms with van der Waals surface area (Å²) < 4.78 is 0. The lowest BCUT2D eigenvalue weighted by Crippen LogP contribution is -2.48. The molecule has 3 aromatic carbocycles. The predicted molar refractivity (Wildman–Crippen MR) is 159 cm³/mol. The number of fused-ring (bicyclic) bond motifs is 3. The lowest BCUT2D eigenvalue weighted by atomic mass is 9.89. The van der Waals surface area contributed by atoms with Crippen molar-refractivity contribution in [2.75, 3.05) is 38.0 Å². The molecule has 2 bridgehead atoms. The Morgan fingerprint density at radius 1 is 0.769 bits per heavy atom. The number of para-hydroxylation sites is 1. The molecule has 6 rings (SSSR count). The zero-order valence-corrected chi connectivity index (χ0v) is 23.1. The summed E-state index contributed by atoms with van der Waals surface area (Å²) in [6, 6.07) is 31.2. The van der Waals surface area contributed by atoms with Crippen LogP contribution in [0.25, 0.3) is 0 Å². The third kappa shape index (κ3) is 6.37. The van der Waals surface area contributed by atoms with E-state index in [4.69, 9.17) is 0 Å². The van der Waals surface area contributed by atoms with E-state index in [0.29, 0.717) is 31.1 Å². The molecule has 0 saturated carbocycles. The van der Waals surface area contributed by atoms with Crippen LogP contribution in [0.2, 0.25) is 0 Å². The van der Waals surface area contributed by atoms with Gasteiger partial charge in [0, 0.05) is 44.0 Å². The van der Waals surface area contributed by atoms with Crippen molar-refractivity contribution in [3.8, 4) is 0 Å². The second-order valence-corrected chi connectivity index (χ2v) is 11.7. The molecule has 1 amide bonds. The Kier molecular flexibility index (Phi) is 8.27. The van der Waals surface area contributed by atoms with Gasteiger partial charge in [-0.3, -0.25) is 14.6 Å². The van der Waals surface area contributed by atoms with Crippen LogP contribution < -0.4 is 5.32 Å². The van der Waals surface area contributed by atoms with E-state index in [2.05, 4.69) is 105 Å². The zero-order chi connectivity index (χ0) is 26.4. The van der Waals surface area contributed by atoms with Crippen molar-refractivity contribution in [2.45, 2.75) is 63.2 Å². The van der Waals surface area contributed by atoms with Crippen LogP contribution in [-0.4, -0.2) is 65.4 Å². The summed E-state index contributed by atoms with van der Waals surface area (Å²) in [4.78, 5) is 21.2. The van der Waals surface area contributed by atoms with Gasteiger partial charge in [-0.15, -0.1) is 0 Å². The highest BCUT2D eigenvalue weighted by molar-refractivity contribution is 5.78. The smallest absolute Gasteiger partial charge is 0.237 e. The maximum Gasteiger partial charge on any atom is 0.237 e. The molecule has 2 fully saturated rings. The topological polar surface area (TPSA) is 38.8 Å². The number of anilines is 1. The van der Waals surface area contributed by atoms with Crippen LogP contribution >= 0.6 is 0 Å². The van der Waals surface area contributed by atoms with Gasteiger partial charge in [0.05, 0.1) is 6.54 Å². The third-order valence-corrected chi connectivity index (χ3v) is 9.15. The fourth-order valence-electron chi connectivity index (χ4n) is 6.93. The van der Waals surface area contributed by atoms with Gasteiger partial charge in [-0.2, -0.15) is 0 Å². The SMILES string of the molecule is O=C(CN1CCC(c2ccccc2)CC1)N1Cc2ccccc2NCC[C@@H]2CC[C@H](C1)N2Cc1ccccc1. The number of hydrogen-bond acceptors (Lipinski definition) is 4. The third-order valence-electron chi connectivity index (χ3n) is 9.15. The van der Waals surface area contributed by atoms with E-state index in [9.17, 15) is 4.79 Å². The van der Waals surface area contributed by atoms with E-state index in [0.717, 1.165) is 58.4 Å². The summed E-state index contributed by atoms with van der Waals surface area (Å²) in [5.74, 6) is 0.875. The quantitative estimate of drug-likeness (QED) is 0.464. The van der Waals surface area contributed by atoms with Crippen LogP contribution in [0.3, 0.4) is 0 Å². The fraction of sp³-hybridized carbons (Fsp3) is 0.441. The van der Waals surface area contributed by atoms with E-state index >= 15 is 0 Å². The first kappa shape index (κ1) is 26.1. The summed E-state index contributed by atoms with van der Waals surface area (Å²) in [5.41, 5.74) is 5.20. The Labute approximate surface area is 233 Å². The van der Waals surface area contributed by atoms with Gasteiger partial charge in [-0.1, -0.05) is 78.9 Å². The normalized spacial score (nSPS) is 23.0. The minimum atomic E-state index is 0.269. The van der Waals surface area contributed by atoms with Crippen LogP contribution in [-0.2, 0) is 17.9 Å². The maximum atomic E-state index is 14.0. The number of nitrogens with zero attached hydrogens (tertiary/aromatic N) is 3. The number of carbonyl (C=O) groups is 1. The second kappa shape index (κ2) is 12.4. The van der Waals surface area contributed by atoms with Crippen molar-refractivity contribution in [3.05, 3.63) is 102 Å². The molecule has 204 valence electrons. The summed E-state index contributed by atoms with van der Waals surface area (Å²) >= 11 is 0. The predicted octanol–water partition coefficient (Wildman–Crippen LogP) is 5.74. The number of likely N-dealkylation sites (tertiary alicyclic amines) is 1. The Bertz CT molecular complexity index is 1210. The van der Waals surface area contributed by atoms with Gasteiger partial charge in [0.2, 0.25) is 5.91 Å². The van der Waals surface area contributed by atoms with E-state index in [1.54, 1.807) is 0 Å². The standard InChI is InChI=1S/C34H42N4O/c39-34(26-36-21-18-29(19-22-36)28-11-5-2-6-12-28)37-24-30-13-7-8-14-33(30)35-20-17-31-15-16-32(25-37)38(31)23-27-9-3-1-4-10-27/h1-14,29,31-32,35H,15-26H2/t31-,32+/m0/s1. The molecule has 5 heteroatoms. The summed E-state index contributed by atoms with van der Waals surface area (Å²) in [6.45, 7) is 5.89. The van der Waals surface area contributed by atoms with Crippen LogP contribution in [0.15, 0.2) is 84.9 Å². The van der Waals surface area contributed by atoms with Crippen molar-refractivity contribution in [2.24, 2.45) is 0 Å². The molecule has 2 atom stereocenters. The molecular formula is C34H42N4O. The highest BCUT2D eigenvalue weighted by Gasteiger charge is 2.36. The van der Waals surface area contributed by atoms with Crippen LogP contribution in [0.5, 0.6) is 0 Å². The Balaban J connectivity index is 1.18. The highest BCUT2D eigenvalue weighted by Crippen LogP contribution is 2.32. The van der Waals surface area contributed by atoms with Gasteiger partial charge in [-0.05, 0) is 73.9 Å². The molecule has 1 N–H and O–H groups in total. The Hall–Kier alpha value is -3.15. The number of piperidine rings is 1. The molecule has 3 aromatic rings. The van der Waals surface area contributed by atoms with Gasteiger partial charge >= 0.3 is 0 Å². The average Bonchev–Trinajstić information content (AvgIpc) is 3.33. The molecule has 3 heterocycles. The lowest BCUT2D eigenvalue weighted by Gasteiger charge is -2.36. The van der Waals surface area contributed by atoms with E-state index < -0.39 is 0 Å². The Morgan fingerprint density at radius 2 is 1.46 bits per heavy atom. The number of benzene rings is 3. The minimum absolute atomic E-state index is 0.269. The maximum absolute atomic E-state index is 14.0. The van der Waals surface area contributed by atoms with Gasteiger partial charge in [0.25, 0.3) is 0 Å². The van der Waals surface area contributed by atoms with Gasteiger partial charge in [0.15, 0.2) is 0 Å². The molecule has 0 spiro atoms. The van der Waals surface area contributed by atoms with Gasteiger partial charge in [0.1, 0.15) is 0 Å². The number of rotatable bonds is 5. The first-order valence-corrected chi connectivity index (χ1v) is 14.9. The molecule has 0 unspecified atom stereocenters. The molecule has 0 radical (unpaired) electrons. The summed E-state index contributed by atoms with van der Waals surface area (Å²) in [6.07, 6.45) is 5.74. The minimum Gasteiger partial charge on any atom is -0.385 e. The summed E-state index contributed by atoms with van der Waals surface area (Å²) in [7, 11) is 0. The highest BCUT2D eigenvalue weighted by atomic mass is 16.2. The molecule has 0 aliphatic carbocycles. The van der Waals surface area contributed by atoms with Crippen molar-refractivity contribution < 1.29 is 4.79 Å². The zero-order valence-electron chi connectivity index (χ0n) is 23.1. The monoisotopic (exact) mass is 522 g/mol. The molecule has 3 aliphatic heterocycles. The largest absolute Gasteiger partial charge is 0.385 e. The first-order chi connectivity index (χ1) is 19.2. The number of hydrogen-bond donors (Lipinski definition) is 1. The van der Waals surface area contributed by atoms with Crippen molar-refractivity contribution in [1.82, 2.24) is 14.7 Å². The number of carbonyl (C=O) groups excluding carboxylic acids is 1. The number of nitrogens with one attached hydrogen (secondary N) is 1. The first-order valence-electron chi connectivity index (χ1n) is 14.9. The van der Waals surface area contributed by atoms with Crippen LogP contribution in [0, 0.1) is 0 Å². The van der Waals surface area contributed by atoms with E-state index in [1.165, 1.54) is 28.8 Å². The Morgan fingerprint density at radius 3 is 2.26 bits per heavy atom. The van der Waals surface area contributed by atoms with Crippen molar-refractivity contribution in [3.63, 3.8) is 0 Å². The van der Waals surface area contributed by atoms with Crippen molar-refractivity contribution >= 4 is 11.6 Å².